The Morgan fingerprint density at radius 3 is 2.43 bits per heavy atom. The summed E-state index contributed by atoms with van der Waals surface area (Å²) in [5.74, 6) is -1.13. The third-order valence-electron chi connectivity index (χ3n) is 8.36. The molecule has 0 atom stereocenters. The maximum atomic E-state index is 13.7. The van der Waals surface area contributed by atoms with E-state index in [9.17, 15) is 18.7 Å². The van der Waals surface area contributed by atoms with E-state index in [1.54, 1.807) is 0 Å². The molecule has 0 radical (unpaired) electrons. The molecule has 220 valence electrons. The monoisotopic (exact) mass is 574 g/mol. The van der Waals surface area contributed by atoms with Crippen molar-refractivity contribution in [1.29, 1.82) is 0 Å². The minimum atomic E-state index is -0.616. The summed E-state index contributed by atoms with van der Waals surface area (Å²) in [6, 6.07) is 15.2. The van der Waals surface area contributed by atoms with E-state index in [1.807, 2.05) is 30.3 Å². The van der Waals surface area contributed by atoms with E-state index >= 15 is 0 Å². The number of fused-ring (bicyclic) bond motifs is 1. The predicted octanol–water partition coefficient (Wildman–Crippen LogP) is 5.15. The van der Waals surface area contributed by atoms with Gasteiger partial charge >= 0.3 is 0 Å². The normalized spacial score (nSPS) is 19.7. The quantitative estimate of drug-likeness (QED) is 0.244. The second-order valence-corrected chi connectivity index (χ2v) is 11.5. The molecule has 6 rings (SSSR count). The van der Waals surface area contributed by atoms with Gasteiger partial charge in [-0.05, 0) is 92.7 Å². The molecule has 10 heteroatoms. The molecule has 4 aromatic rings. The number of aromatic amines is 1. The number of nitrogens with zero attached hydrogens (tertiary/aromatic N) is 3. The van der Waals surface area contributed by atoms with Crippen molar-refractivity contribution in [1.82, 2.24) is 15.1 Å². The van der Waals surface area contributed by atoms with Crippen LogP contribution in [-0.4, -0.2) is 71.5 Å². The number of carbonyl (C=O) groups excluding carboxylic acids is 1. The fourth-order valence-electron chi connectivity index (χ4n) is 5.94. The molecule has 1 aliphatic heterocycles. The van der Waals surface area contributed by atoms with E-state index in [2.05, 4.69) is 43.7 Å². The van der Waals surface area contributed by atoms with Crippen molar-refractivity contribution in [3.05, 3.63) is 82.9 Å². The first-order valence-electron chi connectivity index (χ1n) is 14.6. The molecule has 3 aromatic carbocycles. The van der Waals surface area contributed by atoms with Crippen molar-refractivity contribution >= 4 is 34.0 Å². The standard InChI is InChI=1S/C32H36F2N6O2/c1-39-10-12-40(13-11-39)25-5-8-27(30(19-25)35-24-3-6-26(41)7-4-24)32(42)36-31-28-17-20(2-9-29(28)37-38-31)14-21-15-22(33)18-23(34)16-21/h2,5,8-9,15-19,24,26,35,41H,3-4,6-7,10-14H2,1H3,(H2,36,37,38,42)/t24-,26-. The van der Waals surface area contributed by atoms with E-state index in [0.717, 1.165) is 80.4 Å². The first-order valence-corrected chi connectivity index (χ1v) is 14.6. The molecule has 2 aliphatic rings. The van der Waals surface area contributed by atoms with Gasteiger partial charge in [-0.25, -0.2) is 8.78 Å². The van der Waals surface area contributed by atoms with Crippen LogP contribution in [0, 0.1) is 11.6 Å². The van der Waals surface area contributed by atoms with E-state index < -0.39 is 11.6 Å². The topological polar surface area (TPSA) is 96.5 Å². The third kappa shape index (κ3) is 6.39. The Hall–Kier alpha value is -4.02. The number of likely N-dealkylation sites (N-methyl/N-ethyl adjacent to an activating group) is 1. The van der Waals surface area contributed by atoms with Gasteiger partial charge in [0, 0.05) is 55.0 Å². The van der Waals surface area contributed by atoms with E-state index in [4.69, 9.17) is 0 Å². The number of rotatable bonds is 7. The number of amides is 1. The number of benzene rings is 3. The molecule has 1 saturated carbocycles. The minimum absolute atomic E-state index is 0.170. The van der Waals surface area contributed by atoms with Crippen LogP contribution in [-0.2, 0) is 6.42 Å². The zero-order chi connectivity index (χ0) is 29.2. The van der Waals surface area contributed by atoms with Crippen molar-refractivity contribution in [2.24, 2.45) is 0 Å². The minimum Gasteiger partial charge on any atom is -0.393 e. The molecule has 1 aromatic heterocycles. The first-order chi connectivity index (χ1) is 20.3. The van der Waals surface area contributed by atoms with Crippen molar-refractivity contribution in [2.75, 3.05) is 48.8 Å². The lowest BCUT2D eigenvalue weighted by molar-refractivity contribution is 0.102. The first kappa shape index (κ1) is 28.1. The van der Waals surface area contributed by atoms with Gasteiger partial charge in [-0.15, -0.1) is 0 Å². The molecule has 0 bridgehead atoms. The number of piperazine rings is 1. The molecule has 2 heterocycles. The fraction of sp³-hybridized carbons (Fsp3) is 0.375. The highest BCUT2D eigenvalue weighted by molar-refractivity contribution is 6.11. The summed E-state index contributed by atoms with van der Waals surface area (Å²) in [6.07, 6.45) is 3.22. The summed E-state index contributed by atoms with van der Waals surface area (Å²) < 4.78 is 27.4. The number of aliphatic hydroxyl groups is 1. The van der Waals surface area contributed by atoms with Crippen LogP contribution in [0.25, 0.3) is 10.9 Å². The fourth-order valence-corrected chi connectivity index (χ4v) is 5.94. The highest BCUT2D eigenvalue weighted by Crippen LogP contribution is 2.30. The van der Waals surface area contributed by atoms with Crippen molar-refractivity contribution < 1.29 is 18.7 Å². The number of aliphatic hydroxyl groups excluding tert-OH is 1. The van der Waals surface area contributed by atoms with E-state index in [0.29, 0.717) is 28.8 Å². The summed E-state index contributed by atoms with van der Waals surface area (Å²) in [4.78, 5) is 18.3. The van der Waals surface area contributed by atoms with Crippen LogP contribution in [0.2, 0.25) is 0 Å². The summed E-state index contributed by atoms with van der Waals surface area (Å²) >= 11 is 0. The lowest BCUT2D eigenvalue weighted by Gasteiger charge is -2.35. The largest absolute Gasteiger partial charge is 0.393 e. The average molecular weight is 575 g/mol. The molecule has 8 nitrogen and oxygen atoms in total. The predicted molar refractivity (Wildman–Crippen MR) is 161 cm³/mol. The van der Waals surface area contributed by atoms with Gasteiger partial charge in [-0.2, -0.15) is 5.10 Å². The zero-order valence-corrected chi connectivity index (χ0v) is 23.7. The number of aromatic nitrogens is 2. The number of anilines is 3. The SMILES string of the molecule is CN1CCN(c2ccc(C(=O)Nc3n[nH]c4ccc(Cc5cc(F)cc(F)c5)cc34)c(N[C@H]3CC[C@H](O)CC3)c2)CC1. The van der Waals surface area contributed by atoms with Gasteiger partial charge < -0.3 is 25.5 Å². The van der Waals surface area contributed by atoms with Gasteiger partial charge in [0.15, 0.2) is 5.82 Å². The van der Waals surface area contributed by atoms with Crippen molar-refractivity contribution in [3.8, 4) is 0 Å². The lowest BCUT2D eigenvalue weighted by atomic mass is 9.92. The number of H-pyrrole nitrogens is 1. The molecule has 0 unspecified atom stereocenters. The number of hydrogen-bond donors (Lipinski definition) is 4. The second-order valence-electron chi connectivity index (χ2n) is 11.5. The molecule has 1 aliphatic carbocycles. The summed E-state index contributed by atoms with van der Waals surface area (Å²) in [5, 5.41) is 24.6. The molecule has 1 saturated heterocycles. The van der Waals surface area contributed by atoms with E-state index in [1.165, 1.54) is 12.1 Å². The van der Waals surface area contributed by atoms with Gasteiger partial charge in [0.05, 0.1) is 17.2 Å². The van der Waals surface area contributed by atoms with Gasteiger partial charge in [0.1, 0.15) is 11.6 Å². The smallest absolute Gasteiger partial charge is 0.258 e. The van der Waals surface area contributed by atoms with Crippen LogP contribution in [0.4, 0.5) is 26.0 Å². The number of nitrogens with one attached hydrogen (secondary N) is 3. The van der Waals surface area contributed by atoms with Crippen LogP contribution in [0.3, 0.4) is 0 Å². The van der Waals surface area contributed by atoms with Crippen LogP contribution < -0.4 is 15.5 Å². The number of carbonyl (C=O) groups is 1. The Morgan fingerprint density at radius 1 is 0.952 bits per heavy atom. The molecule has 0 spiro atoms. The summed E-state index contributed by atoms with van der Waals surface area (Å²) in [5.41, 5.74) is 4.45. The maximum absolute atomic E-state index is 13.7. The Labute approximate surface area is 243 Å². The summed E-state index contributed by atoms with van der Waals surface area (Å²) in [6.45, 7) is 3.80. The second kappa shape index (κ2) is 12.1. The zero-order valence-electron chi connectivity index (χ0n) is 23.7. The Morgan fingerprint density at radius 2 is 1.69 bits per heavy atom. The highest BCUT2D eigenvalue weighted by atomic mass is 19.1. The van der Waals surface area contributed by atoms with Gasteiger partial charge in [-0.3, -0.25) is 9.89 Å². The molecular weight excluding hydrogens is 538 g/mol. The Bertz CT molecular complexity index is 1550. The molecule has 4 N–H and O–H groups in total. The Kier molecular flexibility index (Phi) is 8.08. The van der Waals surface area contributed by atoms with Crippen LogP contribution in [0.1, 0.15) is 47.2 Å². The van der Waals surface area contributed by atoms with Gasteiger partial charge in [-0.1, -0.05) is 6.07 Å². The number of halogens is 2. The molecular formula is C32H36F2N6O2. The molecule has 42 heavy (non-hydrogen) atoms. The van der Waals surface area contributed by atoms with E-state index in [-0.39, 0.29) is 18.1 Å². The van der Waals surface area contributed by atoms with Crippen molar-refractivity contribution in [3.63, 3.8) is 0 Å². The third-order valence-corrected chi connectivity index (χ3v) is 8.36. The number of hydrogen-bond acceptors (Lipinski definition) is 6. The molecule has 2 fully saturated rings. The van der Waals surface area contributed by atoms with Crippen LogP contribution in [0.5, 0.6) is 0 Å². The maximum Gasteiger partial charge on any atom is 0.258 e. The Balaban J connectivity index is 1.25. The lowest BCUT2D eigenvalue weighted by Crippen LogP contribution is -2.44. The molecule has 1 amide bonds. The van der Waals surface area contributed by atoms with Crippen LogP contribution >= 0.6 is 0 Å². The van der Waals surface area contributed by atoms with Crippen molar-refractivity contribution in [2.45, 2.75) is 44.2 Å². The van der Waals surface area contributed by atoms with Crippen LogP contribution in [0.15, 0.2) is 54.6 Å². The van der Waals surface area contributed by atoms with Gasteiger partial charge in [0.25, 0.3) is 5.91 Å². The highest BCUT2D eigenvalue weighted by Gasteiger charge is 2.23. The summed E-state index contributed by atoms with van der Waals surface area (Å²) in [7, 11) is 2.12. The average Bonchev–Trinajstić information content (AvgIpc) is 3.36. The van der Waals surface area contributed by atoms with Gasteiger partial charge in [0.2, 0.25) is 0 Å².